The highest BCUT2D eigenvalue weighted by Crippen LogP contribution is 2.23. The summed E-state index contributed by atoms with van der Waals surface area (Å²) in [6, 6.07) is 9.10. The van der Waals surface area contributed by atoms with Crippen molar-refractivity contribution in [3.8, 4) is 0 Å². The van der Waals surface area contributed by atoms with Crippen LogP contribution in [0.2, 0.25) is 0 Å². The van der Waals surface area contributed by atoms with Crippen LogP contribution in [0.5, 0.6) is 0 Å². The number of halogens is 1. The molecule has 2 heterocycles. The summed E-state index contributed by atoms with van der Waals surface area (Å²) in [4.78, 5) is 11.7. The lowest BCUT2D eigenvalue weighted by atomic mass is 10.1. The molecule has 2 aliphatic heterocycles. The van der Waals surface area contributed by atoms with Gasteiger partial charge >= 0.3 is 0 Å². The molecule has 2 aliphatic rings. The number of benzene rings is 1. The normalized spacial score (nSPS) is 24.1. The summed E-state index contributed by atoms with van der Waals surface area (Å²) in [5.74, 6) is 0.989. The summed E-state index contributed by atoms with van der Waals surface area (Å²) in [6.07, 6.45) is 0.235. The Kier molecular flexibility index (Phi) is 7.52. The first-order chi connectivity index (χ1) is 13.1. The molecule has 0 saturated carbocycles. The third-order valence-electron chi connectivity index (χ3n) is 5.56. The number of morpholine rings is 1. The Labute approximate surface area is 171 Å². The highest BCUT2D eigenvalue weighted by Gasteiger charge is 2.25. The van der Waals surface area contributed by atoms with E-state index in [0.29, 0.717) is 6.04 Å². The first-order valence-electron chi connectivity index (χ1n) is 9.82. The van der Waals surface area contributed by atoms with Crippen LogP contribution < -0.4 is 5.32 Å². The summed E-state index contributed by atoms with van der Waals surface area (Å²) in [6.45, 7) is 9.98. The SMILES string of the molecule is CN=C(NCC1CN(C)CCO1)N1CCN(C(C)c2ccc(Br)cc2)CC1. The minimum atomic E-state index is 0.235. The van der Waals surface area contributed by atoms with Gasteiger partial charge < -0.3 is 19.9 Å². The number of nitrogens with zero attached hydrogens (tertiary/aromatic N) is 4. The van der Waals surface area contributed by atoms with E-state index in [9.17, 15) is 0 Å². The lowest BCUT2D eigenvalue weighted by Crippen LogP contribution is -2.54. The molecule has 0 amide bonds. The second-order valence-electron chi connectivity index (χ2n) is 7.43. The zero-order valence-corrected chi connectivity index (χ0v) is 18.3. The van der Waals surface area contributed by atoms with Crippen molar-refractivity contribution in [3.63, 3.8) is 0 Å². The number of hydrogen-bond acceptors (Lipinski definition) is 4. The molecule has 2 fully saturated rings. The highest BCUT2D eigenvalue weighted by molar-refractivity contribution is 9.10. The molecule has 7 heteroatoms. The van der Waals surface area contributed by atoms with Crippen LogP contribution >= 0.6 is 15.9 Å². The van der Waals surface area contributed by atoms with Crippen molar-refractivity contribution in [1.29, 1.82) is 0 Å². The van der Waals surface area contributed by atoms with Gasteiger partial charge in [-0.25, -0.2) is 0 Å². The van der Waals surface area contributed by atoms with Crippen molar-refractivity contribution in [2.24, 2.45) is 4.99 Å². The van der Waals surface area contributed by atoms with E-state index >= 15 is 0 Å². The second-order valence-corrected chi connectivity index (χ2v) is 8.35. The zero-order valence-electron chi connectivity index (χ0n) is 16.7. The molecule has 27 heavy (non-hydrogen) atoms. The third-order valence-corrected chi connectivity index (χ3v) is 6.08. The molecule has 2 atom stereocenters. The Morgan fingerprint density at radius 2 is 1.93 bits per heavy atom. The topological polar surface area (TPSA) is 43.3 Å². The van der Waals surface area contributed by atoms with E-state index in [1.807, 2.05) is 7.05 Å². The molecular weight excluding hydrogens is 406 g/mol. The molecule has 0 aliphatic carbocycles. The van der Waals surface area contributed by atoms with Gasteiger partial charge in [0, 0.05) is 63.4 Å². The summed E-state index contributed by atoms with van der Waals surface area (Å²) >= 11 is 3.52. The number of ether oxygens (including phenoxy) is 1. The zero-order chi connectivity index (χ0) is 19.2. The van der Waals surface area contributed by atoms with Gasteiger partial charge in [-0.2, -0.15) is 0 Å². The molecule has 150 valence electrons. The Balaban J connectivity index is 1.47. The van der Waals surface area contributed by atoms with E-state index in [4.69, 9.17) is 4.74 Å². The average molecular weight is 438 g/mol. The van der Waals surface area contributed by atoms with E-state index in [1.165, 1.54) is 5.56 Å². The van der Waals surface area contributed by atoms with E-state index < -0.39 is 0 Å². The van der Waals surface area contributed by atoms with Gasteiger partial charge in [0.05, 0.1) is 12.7 Å². The van der Waals surface area contributed by atoms with Gasteiger partial charge in [-0.15, -0.1) is 0 Å². The Bertz CT molecular complexity index is 615. The minimum Gasteiger partial charge on any atom is -0.374 e. The van der Waals surface area contributed by atoms with Crippen molar-refractivity contribution in [3.05, 3.63) is 34.3 Å². The molecule has 3 rings (SSSR count). The fourth-order valence-electron chi connectivity index (χ4n) is 3.80. The molecule has 0 aromatic heterocycles. The molecule has 0 bridgehead atoms. The van der Waals surface area contributed by atoms with Gasteiger partial charge in [0.1, 0.15) is 0 Å². The van der Waals surface area contributed by atoms with E-state index in [0.717, 1.165) is 62.9 Å². The lowest BCUT2D eigenvalue weighted by molar-refractivity contribution is -0.0164. The number of guanidine groups is 1. The van der Waals surface area contributed by atoms with Gasteiger partial charge in [-0.1, -0.05) is 28.1 Å². The summed E-state index contributed by atoms with van der Waals surface area (Å²) < 4.78 is 6.98. The number of nitrogens with one attached hydrogen (secondary N) is 1. The Morgan fingerprint density at radius 3 is 2.56 bits per heavy atom. The maximum Gasteiger partial charge on any atom is 0.193 e. The lowest BCUT2D eigenvalue weighted by Gasteiger charge is -2.40. The van der Waals surface area contributed by atoms with Crippen molar-refractivity contribution in [1.82, 2.24) is 20.0 Å². The first-order valence-corrected chi connectivity index (χ1v) is 10.6. The number of aliphatic imine (C=N–C) groups is 1. The molecule has 2 unspecified atom stereocenters. The number of rotatable bonds is 4. The molecule has 6 nitrogen and oxygen atoms in total. The van der Waals surface area contributed by atoms with Crippen molar-refractivity contribution < 1.29 is 4.74 Å². The van der Waals surface area contributed by atoms with E-state index in [-0.39, 0.29) is 6.10 Å². The van der Waals surface area contributed by atoms with Crippen LogP contribution in [0.3, 0.4) is 0 Å². The van der Waals surface area contributed by atoms with Gasteiger partial charge in [0.15, 0.2) is 5.96 Å². The van der Waals surface area contributed by atoms with Crippen molar-refractivity contribution >= 4 is 21.9 Å². The van der Waals surface area contributed by atoms with E-state index in [2.05, 4.69) is 79.2 Å². The smallest absolute Gasteiger partial charge is 0.193 e. The summed E-state index contributed by atoms with van der Waals surface area (Å²) in [7, 11) is 4.02. The predicted octanol–water partition coefficient (Wildman–Crippen LogP) is 2.03. The van der Waals surface area contributed by atoms with Crippen LogP contribution in [0, 0.1) is 0 Å². The minimum absolute atomic E-state index is 0.235. The maximum atomic E-state index is 5.85. The standard InChI is InChI=1S/C20H32BrN5O/c1-16(17-4-6-18(21)7-5-17)25-8-10-26(11-9-25)20(22-2)23-14-19-15-24(3)12-13-27-19/h4-7,16,19H,8-15H2,1-3H3,(H,22,23). The van der Waals surface area contributed by atoms with E-state index in [1.54, 1.807) is 0 Å². The molecule has 0 radical (unpaired) electrons. The number of piperazine rings is 1. The predicted molar refractivity (Wildman–Crippen MR) is 114 cm³/mol. The van der Waals surface area contributed by atoms with Crippen molar-refractivity contribution in [2.45, 2.75) is 19.1 Å². The molecular formula is C20H32BrN5O. The van der Waals surface area contributed by atoms with Crippen LogP contribution in [0.1, 0.15) is 18.5 Å². The number of likely N-dealkylation sites (N-methyl/N-ethyl adjacent to an activating group) is 1. The number of hydrogen-bond donors (Lipinski definition) is 1. The maximum absolute atomic E-state index is 5.85. The van der Waals surface area contributed by atoms with Gasteiger partial charge in [-0.05, 0) is 31.7 Å². The highest BCUT2D eigenvalue weighted by atomic mass is 79.9. The van der Waals surface area contributed by atoms with Crippen LogP contribution in [0.4, 0.5) is 0 Å². The Hall–Kier alpha value is -1.15. The van der Waals surface area contributed by atoms with Crippen LogP contribution in [-0.4, -0.2) is 93.3 Å². The van der Waals surface area contributed by atoms with Gasteiger partial charge in [0.2, 0.25) is 0 Å². The molecule has 1 N–H and O–H groups in total. The molecule has 1 aromatic carbocycles. The second kappa shape index (κ2) is 9.87. The molecule has 0 spiro atoms. The monoisotopic (exact) mass is 437 g/mol. The quantitative estimate of drug-likeness (QED) is 0.576. The fourth-order valence-corrected chi connectivity index (χ4v) is 4.07. The van der Waals surface area contributed by atoms with Gasteiger partial charge in [0.25, 0.3) is 0 Å². The van der Waals surface area contributed by atoms with Crippen LogP contribution in [0.25, 0.3) is 0 Å². The van der Waals surface area contributed by atoms with Crippen LogP contribution in [-0.2, 0) is 4.74 Å². The van der Waals surface area contributed by atoms with Crippen LogP contribution in [0.15, 0.2) is 33.7 Å². The fraction of sp³-hybridized carbons (Fsp3) is 0.650. The van der Waals surface area contributed by atoms with Gasteiger partial charge in [-0.3, -0.25) is 9.89 Å². The summed E-state index contributed by atoms with van der Waals surface area (Å²) in [5, 5.41) is 3.51. The largest absolute Gasteiger partial charge is 0.374 e. The molecule has 1 aromatic rings. The third kappa shape index (κ3) is 5.67. The summed E-state index contributed by atoms with van der Waals surface area (Å²) in [5.41, 5.74) is 1.37. The average Bonchev–Trinajstić information content (AvgIpc) is 2.69. The first kappa shape index (κ1) is 20.6. The van der Waals surface area contributed by atoms with Crippen molar-refractivity contribution in [2.75, 3.05) is 66.5 Å². The Morgan fingerprint density at radius 1 is 1.22 bits per heavy atom. The molecule has 2 saturated heterocycles.